The zero-order valence-corrected chi connectivity index (χ0v) is 17.8. The number of ether oxygens (including phenoxy) is 1. The molecule has 1 atom stereocenters. The molecule has 2 rings (SSSR count). The summed E-state index contributed by atoms with van der Waals surface area (Å²) in [7, 11) is 1.98. The molecule has 1 aliphatic heterocycles. The van der Waals surface area contributed by atoms with Gasteiger partial charge in [-0.3, -0.25) is 0 Å². The Morgan fingerprint density at radius 1 is 1.33 bits per heavy atom. The quantitative estimate of drug-likeness (QED) is 0.300. The Labute approximate surface area is 175 Å². The third-order valence-corrected chi connectivity index (χ3v) is 4.01. The SMILES string of the molecule is CCNC(=NCC#Cc1ccc(C(F)(F)F)cc1)N(C)CC1CCOC1.I. The monoisotopic (exact) mass is 495 g/mol. The lowest BCUT2D eigenvalue weighted by Gasteiger charge is -2.24. The van der Waals surface area contributed by atoms with Crippen LogP contribution in [0.2, 0.25) is 0 Å². The second kappa shape index (κ2) is 11.4. The van der Waals surface area contributed by atoms with Crippen molar-refractivity contribution in [2.45, 2.75) is 19.5 Å². The van der Waals surface area contributed by atoms with E-state index in [9.17, 15) is 13.2 Å². The van der Waals surface area contributed by atoms with Crippen molar-refractivity contribution in [1.29, 1.82) is 0 Å². The van der Waals surface area contributed by atoms with Crippen molar-refractivity contribution in [2.75, 3.05) is 39.9 Å². The Hall–Kier alpha value is -1.47. The lowest BCUT2D eigenvalue weighted by atomic mass is 10.1. The van der Waals surface area contributed by atoms with Crippen LogP contribution in [-0.2, 0) is 10.9 Å². The summed E-state index contributed by atoms with van der Waals surface area (Å²) < 4.78 is 43.0. The maximum atomic E-state index is 12.5. The molecule has 8 heteroatoms. The van der Waals surface area contributed by atoms with Crippen LogP contribution in [0.1, 0.15) is 24.5 Å². The molecule has 150 valence electrons. The number of hydrogen-bond acceptors (Lipinski definition) is 2. The van der Waals surface area contributed by atoms with Gasteiger partial charge in [0.1, 0.15) is 6.54 Å². The summed E-state index contributed by atoms with van der Waals surface area (Å²) in [4.78, 5) is 6.52. The third-order valence-electron chi connectivity index (χ3n) is 4.01. The number of rotatable bonds is 4. The zero-order valence-electron chi connectivity index (χ0n) is 15.5. The van der Waals surface area contributed by atoms with Crippen LogP contribution in [0.4, 0.5) is 13.2 Å². The molecule has 0 amide bonds. The second-order valence-corrected chi connectivity index (χ2v) is 6.16. The molecule has 1 N–H and O–H groups in total. The fraction of sp³-hybridized carbons (Fsp3) is 0.526. The van der Waals surface area contributed by atoms with Crippen molar-refractivity contribution in [1.82, 2.24) is 10.2 Å². The van der Waals surface area contributed by atoms with Gasteiger partial charge in [-0.1, -0.05) is 11.8 Å². The Balaban J connectivity index is 0.00000364. The molecule has 1 heterocycles. The number of halogens is 4. The van der Waals surface area contributed by atoms with Gasteiger partial charge >= 0.3 is 6.18 Å². The van der Waals surface area contributed by atoms with Crippen molar-refractivity contribution in [2.24, 2.45) is 10.9 Å². The average Bonchev–Trinajstić information content (AvgIpc) is 3.10. The number of aliphatic imine (C=N–C) groups is 1. The Bertz CT molecular complexity index is 660. The smallest absolute Gasteiger partial charge is 0.381 e. The highest BCUT2D eigenvalue weighted by molar-refractivity contribution is 14.0. The van der Waals surface area contributed by atoms with Gasteiger partial charge in [0.15, 0.2) is 5.96 Å². The van der Waals surface area contributed by atoms with Crippen molar-refractivity contribution < 1.29 is 17.9 Å². The van der Waals surface area contributed by atoms with E-state index in [1.54, 1.807) is 0 Å². The highest BCUT2D eigenvalue weighted by Gasteiger charge is 2.29. The van der Waals surface area contributed by atoms with Gasteiger partial charge in [0.05, 0.1) is 12.2 Å². The Kier molecular flexibility index (Phi) is 9.94. The van der Waals surface area contributed by atoms with Crippen LogP contribution < -0.4 is 5.32 Å². The van der Waals surface area contributed by atoms with Crippen LogP contribution in [0.15, 0.2) is 29.3 Å². The molecule has 0 radical (unpaired) electrons. The van der Waals surface area contributed by atoms with Gasteiger partial charge in [-0.2, -0.15) is 13.2 Å². The molecule has 0 aromatic heterocycles. The molecular formula is C19H25F3IN3O. The van der Waals surface area contributed by atoms with Gasteiger partial charge in [-0.05, 0) is 37.6 Å². The topological polar surface area (TPSA) is 36.9 Å². The molecule has 27 heavy (non-hydrogen) atoms. The predicted molar refractivity (Wildman–Crippen MR) is 111 cm³/mol. The number of guanidine groups is 1. The normalized spacial score (nSPS) is 16.9. The van der Waals surface area contributed by atoms with Crippen LogP contribution in [0.25, 0.3) is 0 Å². The van der Waals surface area contributed by atoms with E-state index < -0.39 is 11.7 Å². The number of alkyl halides is 3. The van der Waals surface area contributed by atoms with Gasteiger partial charge < -0.3 is 15.0 Å². The maximum absolute atomic E-state index is 12.5. The third kappa shape index (κ3) is 7.97. The van der Waals surface area contributed by atoms with E-state index in [1.807, 2.05) is 14.0 Å². The lowest BCUT2D eigenvalue weighted by Crippen LogP contribution is -2.41. The molecule has 0 spiro atoms. The van der Waals surface area contributed by atoms with Gasteiger partial charge in [0, 0.05) is 38.2 Å². The molecule has 1 aromatic carbocycles. The summed E-state index contributed by atoms with van der Waals surface area (Å²) in [6.07, 6.45) is -3.27. The van der Waals surface area contributed by atoms with Gasteiger partial charge in [-0.25, -0.2) is 4.99 Å². The summed E-state index contributed by atoms with van der Waals surface area (Å²) >= 11 is 0. The van der Waals surface area contributed by atoms with E-state index in [-0.39, 0.29) is 30.5 Å². The minimum absolute atomic E-state index is 0. The fourth-order valence-corrected chi connectivity index (χ4v) is 2.67. The number of nitrogens with zero attached hydrogens (tertiary/aromatic N) is 2. The summed E-state index contributed by atoms with van der Waals surface area (Å²) in [5.74, 6) is 7.00. The second-order valence-electron chi connectivity index (χ2n) is 6.16. The van der Waals surface area contributed by atoms with Gasteiger partial charge in [0.25, 0.3) is 0 Å². The molecule has 0 bridgehead atoms. The highest BCUT2D eigenvalue weighted by atomic mass is 127. The average molecular weight is 495 g/mol. The van der Waals surface area contributed by atoms with E-state index >= 15 is 0 Å². The van der Waals surface area contributed by atoms with Gasteiger partial charge in [-0.15, -0.1) is 24.0 Å². The predicted octanol–water partition coefficient (Wildman–Crippen LogP) is 3.61. The number of hydrogen-bond donors (Lipinski definition) is 1. The summed E-state index contributed by atoms with van der Waals surface area (Å²) in [6, 6.07) is 4.82. The standard InChI is InChI=1S/C19H24F3N3O.HI/c1-3-23-18(25(2)13-16-10-12-26-14-16)24-11-4-5-15-6-8-17(9-7-15)19(20,21)22;/h6-9,16H,3,10-14H2,1-2H3,(H,23,24);1H. The van der Waals surface area contributed by atoms with Crippen molar-refractivity contribution >= 4 is 29.9 Å². The first kappa shape index (κ1) is 23.6. The van der Waals surface area contributed by atoms with Crippen molar-refractivity contribution in [3.05, 3.63) is 35.4 Å². The van der Waals surface area contributed by atoms with Crippen molar-refractivity contribution in [3.63, 3.8) is 0 Å². The largest absolute Gasteiger partial charge is 0.416 e. The van der Waals surface area contributed by atoms with Crippen LogP contribution >= 0.6 is 24.0 Å². The molecule has 1 saturated heterocycles. The van der Waals surface area contributed by atoms with E-state index in [2.05, 4.69) is 27.0 Å². The molecule has 0 saturated carbocycles. The van der Waals surface area contributed by atoms with Crippen LogP contribution in [0, 0.1) is 17.8 Å². The highest BCUT2D eigenvalue weighted by Crippen LogP contribution is 2.28. The summed E-state index contributed by atoms with van der Waals surface area (Å²) in [5, 5.41) is 3.22. The van der Waals surface area contributed by atoms with E-state index in [0.29, 0.717) is 11.5 Å². The van der Waals surface area contributed by atoms with Gasteiger partial charge in [0.2, 0.25) is 0 Å². The first-order valence-corrected chi connectivity index (χ1v) is 8.63. The van der Waals surface area contributed by atoms with E-state index in [1.165, 1.54) is 12.1 Å². The molecule has 0 aliphatic carbocycles. The first-order valence-electron chi connectivity index (χ1n) is 8.63. The van der Waals surface area contributed by atoms with Crippen LogP contribution in [0.3, 0.4) is 0 Å². The first-order chi connectivity index (χ1) is 12.4. The molecular weight excluding hydrogens is 470 g/mol. The summed E-state index contributed by atoms with van der Waals surface area (Å²) in [6.45, 7) is 5.46. The van der Waals surface area contributed by atoms with E-state index in [0.717, 1.165) is 50.8 Å². The Morgan fingerprint density at radius 3 is 2.59 bits per heavy atom. The number of benzene rings is 1. The molecule has 1 fully saturated rings. The molecule has 4 nitrogen and oxygen atoms in total. The maximum Gasteiger partial charge on any atom is 0.416 e. The molecule has 1 unspecified atom stereocenters. The zero-order chi connectivity index (χ0) is 19.0. The fourth-order valence-electron chi connectivity index (χ4n) is 2.67. The summed E-state index contributed by atoms with van der Waals surface area (Å²) in [5.41, 5.74) is -0.136. The van der Waals surface area contributed by atoms with E-state index in [4.69, 9.17) is 4.74 Å². The number of nitrogens with one attached hydrogen (secondary N) is 1. The minimum atomic E-state index is -4.33. The van der Waals surface area contributed by atoms with Crippen LogP contribution in [-0.4, -0.2) is 50.8 Å². The van der Waals surface area contributed by atoms with Crippen molar-refractivity contribution in [3.8, 4) is 11.8 Å². The van der Waals surface area contributed by atoms with Crippen LogP contribution in [0.5, 0.6) is 0 Å². The molecule has 1 aliphatic rings. The minimum Gasteiger partial charge on any atom is -0.381 e. The Morgan fingerprint density at radius 2 is 2.04 bits per heavy atom. The lowest BCUT2D eigenvalue weighted by molar-refractivity contribution is -0.137. The molecule has 1 aromatic rings.